The maximum absolute atomic E-state index is 14.1. The fourth-order valence-corrected chi connectivity index (χ4v) is 6.01. The second-order valence-corrected chi connectivity index (χ2v) is 11.8. The van der Waals surface area contributed by atoms with Crippen LogP contribution in [0.15, 0.2) is 41.4 Å². The molecule has 2 aromatic rings. The van der Waals surface area contributed by atoms with Crippen molar-refractivity contribution < 1.29 is 40.7 Å². The van der Waals surface area contributed by atoms with Gasteiger partial charge in [-0.1, -0.05) is 6.07 Å². The number of aromatic nitrogens is 1. The number of nitrogens with one attached hydrogen (secondary N) is 1. The number of hydrogen-bond acceptors (Lipinski definition) is 7. The lowest BCUT2D eigenvalue weighted by molar-refractivity contribution is -0.140. The molecule has 0 spiro atoms. The molecule has 0 bridgehead atoms. The minimum absolute atomic E-state index is 0.0811. The van der Waals surface area contributed by atoms with Crippen LogP contribution < -0.4 is 5.32 Å². The van der Waals surface area contributed by atoms with Gasteiger partial charge >= 0.3 is 12.1 Å². The summed E-state index contributed by atoms with van der Waals surface area (Å²) in [5, 5.41) is 2.72. The number of benzene rings is 1. The quantitative estimate of drug-likeness (QED) is 0.477. The van der Waals surface area contributed by atoms with Gasteiger partial charge in [0.2, 0.25) is 5.91 Å². The van der Waals surface area contributed by atoms with Gasteiger partial charge in [-0.25, -0.2) is 18.2 Å². The number of carbonyl (C=O) groups excluding carboxylic acids is 2. The lowest BCUT2D eigenvalue weighted by atomic mass is 9.70. The lowest BCUT2D eigenvalue weighted by Crippen LogP contribution is -2.46. The molecule has 2 heterocycles. The number of anilines is 1. The number of methoxy groups -OCH3 is 1. The molecular weight excluding hydrogens is 525 g/mol. The van der Waals surface area contributed by atoms with E-state index in [0.29, 0.717) is 25.9 Å². The van der Waals surface area contributed by atoms with Crippen molar-refractivity contribution in [2.45, 2.75) is 61.1 Å². The number of hydrogen-bond donors (Lipinski definition) is 1. The number of ether oxygens (including phenoxy) is 2. The molecular formula is C26H29F3N2O6S. The highest BCUT2D eigenvalue weighted by Gasteiger charge is 2.54. The molecule has 12 heteroatoms. The summed E-state index contributed by atoms with van der Waals surface area (Å²) in [6, 6.07) is 5.86. The van der Waals surface area contributed by atoms with Crippen LogP contribution in [-0.2, 0) is 35.7 Å². The molecule has 1 N–H and O–H groups in total. The number of rotatable bonds is 8. The summed E-state index contributed by atoms with van der Waals surface area (Å²) in [6.45, 7) is 0.490. The fraction of sp³-hybridized carbons (Fsp3) is 0.500. The van der Waals surface area contributed by atoms with Crippen LogP contribution in [0.25, 0.3) is 0 Å². The first-order valence-electron chi connectivity index (χ1n) is 12.3. The molecule has 1 aromatic heterocycles. The van der Waals surface area contributed by atoms with Gasteiger partial charge in [0.25, 0.3) is 0 Å². The van der Waals surface area contributed by atoms with E-state index in [1.165, 1.54) is 31.5 Å². The average Bonchev–Trinajstić information content (AvgIpc) is 3.72. The number of halogens is 3. The van der Waals surface area contributed by atoms with Gasteiger partial charge in [0.15, 0.2) is 9.84 Å². The van der Waals surface area contributed by atoms with E-state index < -0.39 is 43.8 Å². The Bertz CT molecular complexity index is 1300. The van der Waals surface area contributed by atoms with Gasteiger partial charge in [0, 0.05) is 19.1 Å². The van der Waals surface area contributed by atoms with Crippen LogP contribution in [0.2, 0.25) is 0 Å². The van der Waals surface area contributed by atoms with Crippen molar-refractivity contribution in [1.29, 1.82) is 0 Å². The molecule has 8 nitrogen and oxygen atoms in total. The Hall–Kier alpha value is -2.99. The first kappa shape index (κ1) is 28.0. The molecule has 4 rings (SSSR count). The zero-order valence-electron chi connectivity index (χ0n) is 21.0. The number of amides is 1. The molecule has 1 aliphatic heterocycles. The Morgan fingerprint density at radius 1 is 1.13 bits per heavy atom. The van der Waals surface area contributed by atoms with E-state index in [-0.39, 0.29) is 35.4 Å². The molecule has 2 unspecified atom stereocenters. The summed E-state index contributed by atoms with van der Waals surface area (Å²) in [7, 11) is -2.96. The Labute approximate surface area is 218 Å². The summed E-state index contributed by atoms with van der Waals surface area (Å²) in [4.78, 5) is 29.0. The predicted octanol–water partition coefficient (Wildman–Crippen LogP) is 4.54. The topological polar surface area (TPSA) is 112 Å². The average molecular weight is 555 g/mol. The van der Waals surface area contributed by atoms with E-state index in [1.54, 1.807) is 0 Å². The second-order valence-electron chi connectivity index (χ2n) is 9.80. The smallest absolute Gasteiger partial charge is 0.417 e. The van der Waals surface area contributed by atoms with Crippen LogP contribution in [0, 0.1) is 5.92 Å². The molecule has 1 saturated carbocycles. The van der Waals surface area contributed by atoms with Crippen LogP contribution >= 0.6 is 0 Å². The van der Waals surface area contributed by atoms with Crippen molar-refractivity contribution in [2.75, 3.05) is 25.3 Å². The molecule has 2 atom stereocenters. The predicted molar refractivity (Wildman–Crippen MR) is 131 cm³/mol. The van der Waals surface area contributed by atoms with Crippen LogP contribution in [0.1, 0.15) is 60.0 Å². The van der Waals surface area contributed by atoms with Crippen molar-refractivity contribution in [2.24, 2.45) is 5.92 Å². The van der Waals surface area contributed by atoms with Crippen molar-refractivity contribution in [3.8, 4) is 0 Å². The molecule has 2 fully saturated rings. The maximum Gasteiger partial charge on any atom is 0.417 e. The molecule has 0 radical (unpaired) electrons. The van der Waals surface area contributed by atoms with Crippen molar-refractivity contribution in [3.63, 3.8) is 0 Å². The van der Waals surface area contributed by atoms with Crippen LogP contribution in [0.3, 0.4) is 0 Å². The molecule has 206 valence electrons. The van der Waals surface area contributed by atoms with E-state index in [0.717, 1.165) is 31.2 Å². The molecule has 2 aliphatic rings. The summed E-state index contributed by atoms with van der Waals surface area (Å²) in [6.07, 6.45) is 0.391. The fourth-order valence-electron chi connectivity index (χ4n) is 5.12. The van der Waals surface area contributed by atoms with Gasteiger partial charge in [0.05, 0.1) is 34.7 Å². The highest BCUT2D eigenvalue weighted by molar-refractivity contribution is 7.90. The van der Waals surface area contributed by atoms with Gasteiger partial charge in [-0.3, -0.25) is 4.79 Å². The minimum atomic E-state index is -4.95. The SMILES string of the molecule is COC(=O)c1ccc(NC(=O)C(CC2CCCCO2)(c2ccc(S(C)(=O)=O)c(C(F)(F)F)c2)C2CC2)nc1. The number of alkyl halides is 3. The number of nitrogens with zero attached hydrogens (tertiary/aromatic N) is 1. The number of pyridine rings is 1. The Kier molecular flexibility index (Phi) is 7.85. The standard InChI is InChI=1S/C26H29F3N2O6S/c1-36-23(32)16-6-11-22(30-15-16)31-24(33)25(17-7-8-17,14-19-5-3-4-12-37-19)18-9-10-21(38(2,34)35)20(13-18)26(27,28)29/h6,9-11,13,15,17,19H,3-5,7-8,12,14H2,1-2H3,(H,30,31,33). The molecule has 1 aromatic carbocycles. The number of sulfone groups is 1. The maximum atomic E-state index is 14.1. The van der Waals surface area contributed by atoms with Crippen molar-refractivity contribution in [1.82, 2.24) is 4.98 Å². The van der Waals surface area contributed by atoms with Crippen LogP contribution in [0.5, 0.6) is 0 Å². The third-order valence-electron chi connectivity index (χ3n) is 7.13. The third-order valence-corrected chi connectivity index (χ3v) is 8.28. The second kappa shape index (κ2) is 10.6. The highest BCUT2D eigenvalue weighted by Crippen LogP contribution is 2.52. The largest absolute Gasteiger partial charge is 0.465 e. The number of carbonyl (C=O) groups is 2. The van der Waals surface area contributed by atoms with E-state index in [9.17, 15) is 31.2 Å². The van der Waals surface area contributed by atoms with Crippen LogP contribution in [0.4, 0.5) is 19.0 Å². The van der Waals surface area contributed by atoms with Gasteiger partial charge in [-0.05, 0) is 74.3 Å². The molecule has 1 saturated heterocycles. The van der Waals surface area contributed by atoms with E-state index >= 15 is 0 Å². The Morgan fingerprint density at radius 2 is 1.87 bits per heavy atom. The van der Waals surface area contributed by atoms with E-state index in [1.807, 2.05) is 0 Å². The summed E-state index contributed by atoms with van der Waals surface area (Å²) < 4.78 is 77.1. The van der Waals surface area contributed by atoms with E-state index in [4.69, 9.17) is 4.74 Å². The third kappa shape index (κ3) is 5.85. The summed E-state index contributed by atoms with van der Waals surface area (Å²) in [5.41, 5.74) is -2.47. The van der Waals surface area contributed by atoms with Gasteiger partial charge in [-0.15, -0.1) is 0 Å². The number of esters is 1. The Morgan fingerprint density at radius 3 is 2.39 bits per heavy atom. The normalized spacial score (nSPS) is 19.9. The monoisotopic (exact) mass is 554 g/mol. The molecule has 1 aliphatic carbocycles. The van der Waals surface area contributed by atoms with Crippen molar-refractivity contribution in [3.05, 3.63) is 53.2 Å². The van der Waals surface area contributed by atoms with Gasteiger partial charge in [0.1, 0.15) is 5.82 Å². The van der Waals surface area contributed by atoms with Crippen LogP contribution in [-0.4, -0.2) is 51.4 Å². The first-order valence-corrected chi connectivity index (χ1v) is 14.1. The summed E-state index contributed by atoms with van der Waals surface area (Å²) in [5.74, 6) is -1.33. The van der Waals surface area contributed by atoms with E-state index in [2.05, 4.69) is 15.0 Å². The summed E-state index contributed by atoms with van der Waals surface area (Å²) >= 11 is 0. The zero-order valence-corrected chi connectivity index (χ0v) is 21.8. The minimum Gasteiger partial charge on any atom is -0.465 e. The lowest BCUT2D eigenvalue weighted by Gasteiger charge is -2.38. The Balaban J connectivity index is 1.80. The molecule has 38 heavy (non-hydrogen) atoms. The first-order chi connectivity index (χ1) is 17.9. The highest BCUT2D eigenvalue weighted by atomic mass is 32.2. The van der Waals surface area contributed by atoms with Gasteiger partial charge in [-0.2, -0.15) is 13.2 Å². The van der Waals surface area contributed by atoms with Crippen molar-refractivity contribution >= 4 is 27.5 Å². The zero-order chi connectivity index (χ0) is 27.7. The molecule has 1 amide bonds. The van der Waals surface area contributed by atoms with Gasteiger partial charge < -0.3 is 14.8 Å².